The van der Waals surface area contributed by atoms with Gasteiger partial charge in [-0.05, 0) is 36.8 Å². The number of hydrogen-bond acceptors (Lipinski definition) is 4. The van der Waals surface area contributed by atoms with Gasteiger partial charge >= 0.3 is 0 Å². The first-order valence-corrected chi connectivity index (χ1v) is 10.7. The quantitative estimate of drug-likeness (QED) is 0.750. The smallest absolute Gasteiger partial charge is 0.255 e. The van der Waals surface area contributed by atoms with E-state index in [-0.39, 0.29) is 17.7 Å². The lowest BCUT2D eigenvalue weighted by Crippen LogP contribution is -2.50. The molecule has 2 amide bonds. The van der Waals surface area contributed by atoms with Crippen molar-refractivity contribution in [3.05, 3.63) is 54.1 Å². The molecule has 6 heteroatoms. The molecule has 0 radical (unpaired) electrons. The van der Waals surface area contributed by atoms with E-state index in [2.05, 4.69) is 10.2 Å². The summed E-state index contributed by atoms with van der Waals surface area (Å²) in [5.74, 6) is 0.739. The van der Waals surface area contributed by atoms with Gasteiger partial charge in [-0.15, -0.1) is 0 Å². The number of carbonyl (C=O) groups is 2. The summed E-state index contributed by atoms with van der Waals surface area (Å²) < 4.78 is 5.64. The largest absolute Gasteiger partial charge is 0.494 e. The maximum absolute atomic E-state index is 12.9. The average Bonchev–Trinajstić information content (AvgIpc) is 2.78. The van der Waals surface area contributed by atoms with Gasteiger partial charge in [0.05, 0.1) is 18.0 Å². The molecular formula is C24H31N3O3. The molecule has 1 aliphatic rings. The van der Waals surface area contributed by atoms with Gasteiger partial charge in [0.15, 0.2) is 0 Å². The highest BCUT2D eigenvalue weighted by molar-refractivity contribution is 6.06. The maximum Gasteiger partial charge on any atom is 0.255 e. The van der Waals surface area contributed by atoms with Gasteiger partial charge in [0.2, 0.25) is 5.91 Å². The van der Waals surface area contributed by atoms with Gasteiger partial charge in [-0.25, -0.2) is 0 Å². The summed E-state index contributed by atoms with van der Waals surface area (Å²) in [4.78, 5) is 29.2. The number of carbonyl (C=O) groups excluding carboxylic acids is 2. The van der Waals surface area contributed by atoms with Crippen LogP contribution >= 0.6 is 0 Å². The molecule has 0 bridgehead atoms. The molecule has 1 saturated heterocycles. The van der Waals surface area contributed by atoms with E-state index in [4.69, 9.17) is 4.74 Å². The Hall–Kier alpha value is -3.02. The second-order valence-corrected chi connectivity index (χ2v) is 7.81. The zero-order valence-corrected chi connectivity index (χ0v) is 18.1. The highest BCUT2D eigenvalue weighted by Gasteiger charge is 2.24. The fourth-order valence-corrected chi connectivity index (χ4v) is 3.53. The Balaban J connectivity index is 1.69. The molecule has 1 heterocycles. The first-order valence-electron chi connectivity index (χ1n) is 10.7. The van der Waals surface area contributed by atoms with Crippen LogP contribution in [0.15, 0.2) is 48.5 Å². The summed E-state index contributed by atoms with van der Waals surface area (Å²) >= 11 is 0. The number of rotatable bonds is 7. The molecule has 0 aromatic heterocycles. The molecule has 1 aliphatic heterocycles. The summed E-state index contributed by atoms with van der Waals surface area (Å²) in [5.41, 5.74) is 2.30. The van der Waals surface area contributed by atoms with Crippen LogP contribution in [0.5, 0.6) is 5.75 Å². The molecule has 0 atom stereocenters. The van der Waals surface area contributed by atoms with Crippen LogP contribution in [0.1, 0.15) is 37.6 Å². The molecule has 0 saturated carbocycles. The number of nitrogens with one attached hydrogen (secondary N) is 1. The van der Waals surface area contributed by atoms with Crippen molar-refractivity contribution in [3.8, 4) is 5.75 Å². The van der Waals surface area contributed by atoms with Crippen LogP contribution in [-0.2, 0) is 4.79 Å². The van der Waals surface area contributed by atoms with Crippen molar-refractivity contribution in [1.82, 2.24) is 4.90 Å². The van der Waals surface area contributed by atoms with Crippen LogP contribution in [0, 0.1) is 5.92 Å². The van der Waals surface area contributed by atoms with E-state index in [0.29, 0.717) is 31.0 Å². The van der Waals surface area contributed by atoms with Crippen molar-refractivity contribution >= 4 is 23.2 Å². The normalized spacial score (nSPS) is 14.0. The summed E-state index contributed by atoms with van der Waals surface area (Å²) in [7, 11) is 0. The number of para-hydroxylation sites is 2. The molecule has 0 aliphatic carbocycles. The van der Waals surface area contributed by atoms with Gasteiger partial charge in [-0.3, -0.25) is 9.59 Å². The molecule has 2 aromatic rings. The lowest BCUT2D eigenvalue weighted by molar-refractivity contribution is -0.134. The van der Waals surface area contributed by atoms with Crippen LogP contribution in [0.3, 0.4) is 0 Å². The predicted octanol–water partition coefficient (Wildman–Crippen LogP) is 4.03. The molecule has 0 unspecified atom stereocenters. The fourth-order valence-electron chi connectivity index (χ4n) is 3.53. The third-order valence-electron chi connectivity index (χ3n) is 5.15. The second kappa shape index (κ2) is 10.1. The summed E-state index contributed by atoms with van der Waals surface area (Å²) in [6, 6.07) is 15.0. The van der Waals surface area contributed by atoms with E-state index in [0.717, 1.165) is 30.9 Å². The van der Waals surface area contributed by atoms with Gasteiger partial charge in [0.1, 0.15) is 5.75 Å². The molecule has 0 spiro atoms. The van der Waals surface area contributed by atoms with Gasteiger partial charge in [-0.2, -0.15) is 0 Å². The number of anilines is 2. The Morgan fingerprint density at radius 2 is 1.77 bits per heavy atom. The van der Waals surface area contributed by atoms with E-state index in [1.54, 1.807) is 12.1 Å². The Morgan fingerprint density at radius 3 is 2.47 bits per heavy atom. The monoisotopic (exact) mass is 409 g/mol. The molecule has 30 heavy (non-hydrogen) atoms. The molecule has 1 fully saturated rings. The first-order chi connectivity index (χ1) is 14.5. The number of nitrogens with zero attached hydrogens (tertiary/aromatic N) is 2. The number of benzene rings is 2. The van der Waals surface area contributed by atoms with Crippen molar-refractivity contribution < 1.29 is 14.3 Å². The minimum atomic E-state index is -0.169. The number of ether oxygens (including phenoxy) is 1. The Labute approximate surface area is 178 Å². The first kappa shape index (κ1) is 21.7. The van der Waals surface area contributed by atoms with Crippen LogP contribution in [0.2, 0.25) is 0 Å². The van der Waals surface area contributed by atoms with Gasteiger partial charge in [0.25, 0.3) is 5.91 Å². The van der Waals surface area contributed by atoms with Crippen LogP contribution < -0.4 is 15.0 Å². The zero-order valence-electron chi connectivity index (χ0n) is 18.1. The van der Waals surface area contributed by atoms with Crippen LogP contribution in [-0.4, -0.2) is 49.5 Å². The molecular weight excluding hydrogens is 378 g/mol. The molecule has 1 N–H and O–H groups in total. The van der Waals surface area contributed by atoms with Crippen LogP contribution in [0.25, 0.3) is 0 Å². The predicted molar refractivity (Wildman–Crippen MR) is 120 cm³/mol. The lowest BCUT2D eigenvalue weighted by atomic mass is 10.1. The Kier molecular flexibility index (Phi) is 7.33. The van der Waals surface area contributed by atoms with Crippen molar-refractivity contribution in [2.75, 3.05) is 43.0 Å². The molecule has 6 nitrogen and oxygen atoms in total. The van der Waals surface area contributed by atoms with Crippen LogP contribution in [0.4, 0.5) is 11.4 Å². The minimum Gasteiger partial charge on any atom is -0.494 e. The highest BCUT2D eigenvalue weighted by atomic mass is 16.5. The van der Waals surface area contributed by atoms with E-state index in [1.165, 1.54) is 0 Å². The lowest BCUT2D eigenvalue weighted by Gasteiger charge is -2.37. The third kappa shape index (κ3) is 5.32. The van der Waals surface area contributed by atoms with E-state index in [1.807, 2.05) is 62.1 Å². The van der Waals surface area contributed by atoms with Crippen molar-refractivity contribution in [2.24, 2.45) is 5.92 Å². The average molecular weight is 410 g/mol. The van der Waals surface area contributed by atoms with Crippen molar-refractivity contribution in [2.45, 2.75) is 27.2 Å². The molecule has 3 rings (SSSR count). The van der Waals surface area contributed by atoms with Gasteiger partial charge < -0.3 is 19.9 Å². The van der Waals surface area contributed by atoms with E-state index in [9.17, 15) is 9.59 Å². The van der Waals surface area contributed by atoms with Crippen molar-refractivity contribution in [3.63, 3.8) is 0 Å². The maximum atomic E-state index is 12.9. The fraction of sp³-hybridized carbons (Fsp3) is 0.417. The summed E-state index contributed by atoms with van der Waals surface area (Å²) in [6.45, 7) is 9.40. The zero-order chi connectivity index (χ0) is 21.5. The topological polar surface area (TPSA) is 61.9 Å². The highest BCUT2D eigenvalue weighted by Crippen LogP contribution is 2.27. The number of hydrogen-bond donors (Lipinski definition) is 1. The van der Waals surface area contributed by atoms with Crippen molar-refractivity contribution in [1.29, 1.82) is 0 Å². The van der Waals surface area contributed by atoms with E-state index < -0.39 is 0 Å². The SMILES string of the molecule is CCCOc1cccc(C(=O)Nc2ccccc2N2CCN(C(=O)C(C)C)CC2)c1. The number of piperazine rings is 1. The molecule has 160 valence electrons. The Bertz CT molecular complexity index is 874. The minimum absolute atomic E-state index is 0.0141. The second-order valence-electron chi connectivity index (χ2n) is 7.81. The van der Waals surface area contributed by atoms with Gasteiger partial charge in [-0.1, -0.05) is 39.0 Å². The summed E-state index contributed by atoms with van der Waals surface area (Å²) in [5, 5.41) is 3.04. The van der Waals surface area contributed by atoms with E-state index >= 15 is 0 Å². The standard InChI is InChI=1S/C24H31N3O3/c1-4-16-30-20-9-7-8-19(17-20)23(28)25-21-10-5-6-11-22(21)26-12-14-27(15-13-26)24(29)18(2)3/h5-11,17-18H,4,12-16H2,1-3H3,(H,25,28). The Morgan fingerprint density at radius 1 is 1.03 bits per heavy atom. The molecule has 2 aromatic carbocycles. The summed E-state index contributed by atoms with van der Waals surface area (Å²) in [6.07, 6.45) is 0.916. The number of amides is 2. The third-order valence-corrected chi connectivity index (χ3v) is 5.15. The van der Waals surface area contributed by atoms with Gasteiger partial charge in [0, 0.05) is 37.7 Å².